The largest absolute Gasteiger partial charge is 0.396 e. The van der Waals surface area contributed by atoms with Crippen LogP contribution < -0.4 is 5.32 Å². The van der Waals surface area contributed by atoms with E-state index in [1.165, 1.54) is 17.8 Å². The summed E-state index contributed by atoms with van der Waals surface area (Å²) in [6, 6.07) is 4.47. The summed E-state index contributed by atoms with van der Waals surface area (Å²) in [5.74, 6) is -0.124. The van der Waals surface area contributed by atoms with Crippen molar-refractivity contribution in [3.8, 4) is 0 Å². The predicted octanol–water partition coefficient (Wildman–Crippen LogP) is 2.46. The molecule has 7 heteroatoms. The number of thioether (sulfide) groups is 1. The van der Waals surface area contributed by atoms with Crippen LogP contribution in [-0.2, 0) is 0 Å². The summed E-state index contributed by atoms with van der Waals surface area (Å²) in [5.41, 5.74) is 0.218. The van der Waals surface area contributed by atoms with Gasteiger partial charge in [-0.05, 0) is 30.7 Å². The highest BCUT2D eigenvalue weighted by Gasteiger charge is 2.17. The Morgan fingerprint density at radius 3 is 2.76 bits per heavy atom. The Labute approximate surface area is 128 Å². The van der Waals surface area contributed by atoms with Crippen molar-refractivity contribution in [2.75, 3.05) is 19.4 Å². The van der Waals surface area contributed by atoms with E-state index in [1.807, 2.05) is 6.92 Å². The van der Waals surface area contributed by atoms with Gasteiger partial charge >= 0.3 is 0 Å². The molecule has 0 aliphatic heterocycles. The highest BCUT2D eigenvalue weighted by Crippen LogP contribution is 2.28. The summed E-state index contributed by atoms with van der Waals surface area (Å²) in [5, 5.41) is 22.7. The summed E-state index contributed by atoms with van der Waals surface area (Å²) >= 11 is 1.27. The average Bonchev–Trinajstić information content (AvgIpc) is 2.50. The number of rotatable bonds is 8. The number of carbonyl (C=O) groups is 1. The Kier molecular flexibility index (Phi) is 7.18. The number of nitro benzene ring substituents is 1. The lowest BCUT2D eigenvalue weighted by Crippen LogP contribution is -2.29. The van der Waals surface area contributed by atoms with Gasteiger partial charge in [-0.2, -0.15) is 0 Å². The van der Waals surface area contributed by atoms with Gasteiger partial charge in [-0.15, -0.1) is 11.8 Å². The minimum atomic E-state index is -0.483. The first-order valence-corrected chi connectivity index (χ1v) is 7.97. The van der Waals surface area contributed by atoms with E-state index in [4.69, 9.17) is 5.11 Å². The van der Waals surface area contributed by atoms with Crippen molar-refractivity contribution >= 4 is 23.4 Å². The second kappa shape index (κ2) is 8.63. The first-order chi connectivity index (χ1) is 10.0. The van der Waals surface area contributed by atoms with Gasteiger partial charge in [-0.1, -0.05) is 13.3 Å². The number of nitro groups is 1. The third kappa shape index (κ3) is 5.02. The van der Waals surface area contributed by atoms with Gasteiger partial charge in [-0.3, -0.25) is 14.9 Å². The molecule has 0 heterocycles. The number of nitrogens with zero attached hydrogens (tertiary/aromatic N) is 1. The molecular formula is C14H20N2O4S. The third-order valence-electron chi connectivity index (χ3n) is 3.30. The molecule has 1 unspecified atom stereocenters. The van der Waals surface area contributed by atoms with Crippen molar-refractivity contribution in [1.82, 2.24) is 5.32 Å². The van der Waals surface area contributed by atoms with Gasteiger partial charge < -0.3 is 10.4 Å². The average molecular weight is 312 g/mol. The zero-order chi connectivity index (χ0) is 15.8. The molecule has 0 fully saturated rings. The van der Waals surface area contributed by atoms with Crippen LogP contribution in [0.25, 0.3) is 0 Å². The Hall–Kier alpha value is -1.60. The summed E-state index contributed by atoms with van der Waals surface area (Å²) in [6.07, 6.45) is 3.23. The van der Waals surface area contributed by atoms with Crippen molar-refractivity contribution in [1.29, 1.82) is 0 Å². The van der Waals surface area contributed by atoms with Gasteiger partial charge in [-0.25, -0.2) is 0 Å². The number of hydrogen-bond acceptors (Lipinski definition) is 5. The topological polar surface area (TPSA) is 92.5 Å². The fourth-order valence-corrected chi connectivity index (χ4v) is 2.49. The van der Waals surface area contributed by atoms with Crippen molar-refractivity contribution in [3.05, 3.63) is 33.9 Å². The summed E-state index contributed by atoms with van der Waals surface area (Å²) in [7, 11) is 0. The fourth-order valence-electron chi connectivity index (χ4n) is 1.95. The van der Waals surface area contributed by atoms with E-state index in [0.29, 0.717) is 17.9 Å². The summed E-state index contributed by atoms with van der Waals surface area (Å²) in [4.78, 5) is 23.1. The molecule has 0 saturated carbocycles. The Morgan fingerprint density at radius 1 is 1.52 bits per heavy atom. The highest BCUT2D eigenvalue weighted by atomic mass is 32.2. The molecule has 6 nitrogen and oxygen atoms in total. The molecule has 0 saturated heterocycles. The van der Waals surface area contributed by atoms with Gasteiger partial charge in [0.05, 0.1) is 9.82 Å². The lowest BCUT2D eigenvalue weighted by Gasteiger charge is -2.14. The third-order valence-corrected chi connectivity index (χ3v) is 4.09. The quantitative estimate of drug-likeness (QED) is 0.437. The maximum Gasteiger partial charge on any atom is 0.283 e. The van der Waals surface area contributed by atoms with Gasteiger partial charge in [0.15, 0.2) is 0 Å². The van der Waals surface area contributed by atoms with E-state index in [1.54, 1.807) is 18.4 Å². The molecule has 0 bridgehead atoms. The summed E-state index contributed by atoms with van der Waals surface area (Å²) < 4.78 is 0. The first-order valence-electron chi connectivity index (χ1n) is 6.74. The molecule has 0 aromatic heterocycles. The monoisotopic (exact) mass is 312 g/mol. The number of benzene rings is 1. The molecule has 0 aliphatic rings. The molecule has 1 atom stereocenters. The molecular weight excluding hydrogens is 292 g/mol. The molecule has 1 rings (SSSR count). The number of hydrogen-bond donors (Lipinski definition) is 2. The normalized spacial score (nSPS) is 12.0. The van der Waals surface area contributed by atoms with E-state index in [9.17, 15) is 14.9 Å². The lowest BCUT2D eigenvalue weighted by molar-refractivity contribution is -0.387. The van der Waals surface area contributed by atoms with Gasteiger partial charge in [0.1, 0.15) is 0 Å². The van der Waals surface area contributed by atoms with Crippen LogP contribution in [0.5, 0.6) is 0 Å². The molecule has 0 radical (unpaired) electrons. The van der Waals surface area contributed by atoms with E-state index in [0.717, 1.165) is 6.42 Å². The number of nitrogens with one attached hydrogen (secondary N) is 1. The summed E-state index contributed by atoms with van der Waals surface area (Å²) in [6.45, 7) is 2.53. The second-order valence-corrected chi connectivity index (χ2v) is 5.49. The molecule has 2 N–H and O–H groups in total. The highest BCUT2D eigenvalue weighted by molar-refractivity contribution is 7.98. The molecule has 1 aromatic carbocycles. The van der Waals surface area contributed by atoms with Crippen molar-refractivity contribution < 1.29 is 14.8 Å². The minimum absolute atomic E-state index is 0.0578. The molecule has 0 aliphatic carbocycles. The Bertz CT molecular complexity index is 508. The minimum Gasteiger partial charge on any atom is -0.396 e. The standard InChI is InChI=1S/C14H20N2O4S/c1-3-10(6-7-17)9-15-14(18)11-4-5-13(21-2)12(8-11)16(19)20/h4-5,8,10,17H,3,6-7,9H2,1-2H3,(H,15,18). The maximum absolute atomic E-state index is 12.0. The van der Waals surface area contributed by atoms with E-state index >= 15 is 0 Å². The van der Waals surface area contributed by atoms with E-state index in [-0.39, 0.29) is 29.7 Å². The van der Waals surface area contributed by atoms with Crippen LogP contribution >= 0.6 is 11.8 Å². The van der Waals surface area contributed by atoms with Gasteiger partial charge in [0.25, 0.3) is 11.6 Å². The van der Waals surface area contributed by atoms with Crippen LogP contribution in [0, 0.1) is 16.0 Å². The lowest BCUT2D eigenvalue weighted by atomic mass is 10.0. The van der Waals surface area contributed by atoms with E-state index < -0.39 is 4.92 Å². The molecule has 116 valence electrons. The van der Waals surface area contributed by atoms with Crippen molar-refractivity contribution in [2.45, 2.75) is 24.7 Å². The second-order valence-electron chi connectivity index (χ2n) is 4.64. The predicted molar refractivity (Wildman–Crippen MR) is 82.7 cm³/mol. The van der Waals surface area contributed by atoms with Crippen LogP contribution in [0.15, 0.2) is 23.1 Å². The Morgan fingerprint density at radius 2 is 2.24 bits per heavy atom. The van der Waals surface area contributed by atoms with E-state index in [2.05, 4.69) is 5.32 Å². The SMILES string of the molecule is CCC(CCO)CNC(=O)c1ccc(SC)c([N+](=O)[O-])c1. The van der Waals surface area contributed by atoms with Gasteiger partial charge in [0.2, 0.25) is 0 Å². The fraction of sp³-hybridized carbons (Fsp3) is 0.500. The Balaban J connectivity index is 2.78. The molecule has 21 heavy (non-hydrogen) atoms. The number of aliphatic hydroxyl groups is 1. The smallest absolute Gasteiger partial charge is 0.283 e. The maximum atomic E-state index is 12.0. The molecule has 1 aromatic rings. The van der Waals surface area contributed by atoms with Crippen LogP contribution in [0.3, 0.4) is 0 Å². The zero-order valence-corrected chi connectivity index (χ0v) is 13.0. The van der Waals surface area contributed by atoms with Crippen LogP contribution in [0.4, 0.5) is 5.69 Å². The van der Waals surface area contributed by atoms with Crippen molar-refractivity contribution in [3.63, 3.8) is 0 Å². The van der Waals surface area contributed by atoms with Crippen LogP contribution in [-0.4, -0.2) is 35.3 Å². The molecule has 1 amide bonds. The first kappa shape index (κ1) is 17.5. The number of amides is 1. The number of aliphatic hydroxyl groups excluding tert-OH is 1. The van der Waals surface area contributed by atoms with Crippen LogP contribution in [0.2, 0.25) is 0 Å². The zero-order valence-electron chi connectivity index (χ0n) is 12.2. The van der Waals surface area contributed by atoms with Gasteiger partial charge in [0, 0.05) is 24.8 Å². The van der Waals surface area contributed by atoms with Crippen molar-refractivity contribution in [2.24, 2.45) is 5.92 Å². The number of carbonyl (C=O) groups excluding carboxylic acids is 1. The molecule has 0 spiro atoms. The van der Waals surface area contributed by atoms with Crippen LogP contribution in [0.1, 0.15) is 30.1 Å².